The van der Waals surface area contributed by atoms with Crippen LogP contribution in [0.4, 0.5) is 5.69 Å². The van der Waals surface area contributed by atoms with Gasteiger partial charge in [0.15, 0.2) is 0 Å². The molecule has 1 atom stereocenters. The van der Waals surface area contributed by atoms with Gasteiger partial charge < -0.3 is 5.32 Å². The van der Waals surface area contributed by atoms with Gasteiger partial charge in [-0.1, -0.05) is 6.92 Å². The normalized spacial score (nSPS) is 17.4. The fourth-order valence-corrected chi connectivity index (χ4v) is 3.90. The molecule has 0 saturated heterocycles. The molecule has 0 aromatic carbocycles. The molecule has 8 heteroatoms. The van der Waals surface area contributed by atoms with Crippen LogP contribution in [-0.4, -0.2) is 26.2 Å². The number of nitrogens with one attached hydrogen (secondary N) is 1. The predicted molar refractivity (Wildman–Crippen MR) is 84.1 cm³/mol. The maximum absolute atomic E-state index is 10.6. The quantitative estimate of drug-likeness (QED) is 0.652. The van der Waals surface area contributed by atoms with Gasteiger partial charge in [-0.05, 0) is 25.7 Å². The van der Waals surface area contributed by atoms with E-state index in [1.165, 1.54) is 28.0 Å². The van der Waals surface area contributed by atoms with E-state index in [9.17, 15) is 10.1 Å². The summed E-state index contributed by atoms with van der Waals surface area (Å²) in [6.07, 6.45) is 7.10. The van der Waals surface area contributed by atoms with Crippen LogP contribution in [0.1, 0.15) is 41.4 Å². The van der Waals surface area contributed by atoms with Crippen molar-refractivity contribution < 1.29 is 4.92 Å². The molecule has 22 heavy (non-hydrogen) atoms. The number of fused-ring (bicyclic) bond motifs is 1. The first-order valence-corrected chi connectivity index (χ1v) is 8.37. The first kappa shape index (κ1) is 15.1. The van der Waals surface area contributed by atoms with Crippen molar-refractivity contribution in [2.24, 2.45) is 0 Å². The third-order valence-electron chi connectivity index (χ3n) is 3.86. The molecule has 118 valence electrons. The van der Waals surface area contributed by atoms with Gasteiger partial charge in [0.1, 0.15) is 12.4 Å². The highest BCUT2D eigenvalue weighted by Gasteiger charge is 2.23. The van der Waals surface area contributed by atoms with E-state index in [-0.39, 0.29) is 5.69 Å². The van der Waals surface area contributed by atoms with Crippen LogP contribution in [0, 0.1) is 10.1 Å². The van der Waals surface area contributed by atoms with E-state index in [4.69, 9.17) is 4.98 Å². The van der Waals surface area contributed by atoms with Crippen LogP contribution in [0.5, 0.6) is 0 Å². The van der Waals surface area contributed by atoms with Crippen molar-refractivity contribution >= 4 is 17.0 Å². The molecule has 0 amide bonds. The van der Waals surface area contributed by atoms with Crippen molar-refractivity contribution in [1.82, 2.24) is 20.1 Å². The summed E-state index contributed by atoms with van der Waals surface area (Å²) in [5.74, 6) is 0. The molecule has 0 fully saturated rings. The zero-order chi connectivity index (χ0) is 15.5. The Balaban J connectivity index is 1.58. The highest BCUT2D eigenvalue weighted by atomic mass is 32.1. The summed E-state index contributed by atoms with van der Waals surface area (Å²) in [5, 5.41) is 19.4. The van der Waals surface area contributed by atoms with E-state index in [1.54, 1.807) is 4.68 Å². The number of nitrogens with zero attached hydrogens (tertiary/aromatic N) is 4. The molecule has 2 aromatic heterocycles. The van der Waals surface area contributed by atoms with Crippen LogP contribution >= 0.6 is 11.3 Å². The van der Waals surface area contributed by atoms with E-state index < -0.39 is 4.92 Å². The topological polar surface area (TPSA) is 85.9 Å². The number of aromatic nitrogens is 3. The smallest absolute Gasteiger partial charge is 0.306 e. The zero-order valence-corrected chi connectivity index (χ0v) is 13.3. The van der Waals surface area contributed by atoms with Crippen molar-refractivity contribution in [3.8, 4) is 0 Å². The average molecular weight is 321 g/mol. The molecule has 0 unspecified atom stereocenters. The molecule has 0 spiro atoms. The number of nitro groups is 1. The highest BCUT2D eigenvalue weighted by molar-refractivity contribution is 7.11. The maximum atomic E-state index is 10.6. The average Bonchev–Trinajstić information content (AvgIpc) is 3.13. The van der Waals surface area contributed by atoms with Gasteiger partial charge in [-0.15, -0.1) is 11.3 Å². The zero-order valence-electron chi connectivity index (χ0n) is 12.5. The molecule has 1 N–H and O–H groups in total. The number of rotatable bonds is 6. The number of hydrogen-bond acceptors (Lipinski definition) is 6. The second-order valence-corrected chi connectivity index (χ2v) is 6.50. The van der Waals surface area contributed by atoms with Gasteiger partial charge in [-0.3, -0.25) is 14.8 Å². The fraction of sp³-hybridized carbons (Fsp3) is 0.571. The molecule has 3 rings (SSSR count). The SMILES string of the molecule is CCc1nc2c(s1)[C@H](NCCn1cc([N+](=O)[O-])cn1)CCC2. The summed E-state index contributed by atoms with van der Waals surface area (Å²) in [4.78, 5) is 16.3. The number of aryl methyl sites for hydroxylation is 2. The second-order valence-electron chi connectivity index (χ2n) is 5.39. The summed E-state index contributed by atoms with van der Waals surface area (Å²) >= 11 is 1.81. The molecule has 7 nitrogen and oxygen atoms in total. The van der Waals surface area contributed by atoms with E-state index >= 15 is 0 Å². The lowest BCUT2D eigenvalue weighted by Gasteiger charge is -2.22. The second kappa shape index (κ2) is 6.53. The van der Waals surface area contributed by atoms with Gasteiger partial charge in [0.2, 0.25) is 0 Å². The minimum atomic E-state index is -0.423. The van der Waals surface area contributed by atoms with Crippen molar-refractivity contribution in [3.63, 3.8) is 0 Å². The van der Waals surface area contributed by atoms with Crippen LogP contribution < -0.4 is 5.32 Å². The summed E-state index contributed by atoms with van der Waals surface area (Å²) in [6.45, 7) is 3.50. The van der Waals surface area contributed by atoms with Gasteiger partial charge in [-0.25, -0.2) is 4.98 Å². The summed E-state index contributed by atoms with van der Waals surface area (Å²) < 4.78 is 1.61. The van der Waals surface area contributed by atoms with Gasteiger partial charge in [0.25, 0.3) is 0 Å². The van der Waals surface area contributed by atoms with Crippen molar-refractivity contribution in [2.75, 3.05) is 6.54 Å². The van der Waals surface area contributed by atoms with Crippen LogP contribution in [0.3, 0.4) is 0 Å². The van der Waals surface area contributed by atoms with Crippen molar-refractivity contribution in [3.05, 3.63) is 38.1 Å². The summed E-state index contributed by atoms with van der Waals surface area (Å²) in [6, 6.07) is 0.354. The lowest BCUT2D eigenvalue weighted by atomic mass is 9.98. The van der Waals surface area contributed by atoms with Gasteiger partial charge >= 0.3 is 5.69 Å². The first-order chi connectivity index (χ1) is 10.7. The van der Waals surface area contributed by atoms with Crippen LogP contribution in [-0.2, 0) is 19.4 Å². The van der Waals surface area contributed by atoms with Gasteiger partial charge in [0.05, 0.1) is 22.2 Å². The Morgan fingerprint density at radius 1 is 1.59 bits per heavy atom. The Kier molecular flexibility index (Phi) is 4.49. The Labute approximate surface area is 132 Å². The van der Waals surface area contributed by atoms with Crippen molar-refractivity contribution in [1.29, 1.82) is 0 Å². The standard InChI is InChI=1S/C14H19N5O2S/c1-2-13-17-12-5-3-4-11(14(12)22-13)15-6-7-18-9-10(8-16-18)19(20)21/h8-9,11,15H,2-7H2,1H3/t11-/m1/s1. The van der Waals surface area contributed by atoms with Crippen LogP contribution in [0.2, 0.25) is 0 Å². The number of hydrogen-bond donors (Lipinski definition) is 1. The predicted octanol–water partition coefficient (Wildman–Crippen LogP) is 2.48. The number of thiazole rings is 1. The van der Waals surface area contributed by atoms with Crippen molar-refractivity contribution in [2.45, 2.75) is 45.2 Å². The highest BCUT2D eigenvalue weighted by Crippen LogP contribution is 2.34. The van der Waals surface area contributed by atoms with E-state index in [1.807, 2.05) is 11.3 Å². The molecular formula is C14H19N5O2S. The molecule has 1 aliphatic carbocycles. The lowest BCUT2D eigenvalue weighted by Crippen LogP contribution is -2.27. The third-order valence-corrected chi connectivity index (χ3v) is 5.21. The molecule has 0 radical (unpaired) electrons. The van der Waals surface area contributed by atoms with E-state index in [0.717, 1.165) is 32.2 Å². The minimum absolute atomic E-state index is 0.0370. The Morgan fingerprint density at radius 3 is 3.18 bits per heavy atom. The molecule has 2 aromatic rings. The first-order valence-electron chi connectivity index (χ1n) is 7.56. The molecule has 1 aliphatic rings. The molecule has 2 heterocycles. The van der Waals surface area contributed by atoms with E-state index in [0.29, 0.717) is 12.6 Å². The largest absolute Gasteiger partial charge is 0.307 e. The Morgan fingerprint density at radius 2 is 2.45 bits per heavy atom. The van der Waals surface area contributed by atoms with E-state index in [2.05, 4.69) is 17.3 Å². The molecule has 0 saturated carbocycles. The third kappa shape index (κ3) is 3.17. The Bertz CT molecular complexity index is 666. The maximum Gasteiger partial charge on any atom is 0.306 e. The minimum Gasteiger partial charge on any atom is -0.307 e. The van der Waals surface area contributed by atoms with Gasteiger partial charge in [0, 0.05) is 17.5 Å². The summed E-state index contributed by atoms with van der Waals surface area (Å²) in [7, 11) is 0. The molecule has 0 aliphatic heterocycles. The van der Waals surface area contributed by atoms with Crippen LogP contribution in [0.25, 0.3) is 0 Å². The van der Waals surface area contributed by atoms with Crippen LogP contribution in [0.15, 0.2) is 12.4 Å². The monoisotopic (exact) mass is 321 g/mol. The lowest BCUT2D eigenvalue weighted by molar-refractivity contribution is -0.385. The molecule has 0 bridgehead atoms. The summed E-state index contributed by atoms with van der Waals surface area (Å²) in [5.41, 5.74) is 1.29. The Hall–Kier alpha value is -1.80. The molecular weight excluding hydrogens is 302 g/mol. The van der Waals surface area contributed by atoms with Gasteiger partial charge in [-0.2, -0.15) is 5.10 Å². The fourth-order valence-electron chi connectivity index (χ4n) is 2.74.